The molecule has 3 aromatic heterocycles. The van der Waals surface area contributed by atoms with Crippen molar-refractivity contribution in [1.29, 1.82) is 0 Å². The van der Waals surface area contributed by atoms with Gasteiger partial charge in [-0.15, -0.1) is 0 Å². The number of nitrogens with zero attached hydrogens (tertiary/aromatic N) is 6. The molecule has 1 fully saturated rings. The first-order valence-corrected chi connectivity index (χ1v) is 12.5. The average molecular weight is 505 g/mol. The van der Waals surface area contributed by atoms with Gasteiger partial charge in [-0.25, -0.2) is 14.8 Å². The summed E-state index contributed by atoms with van der Waals surface area (Å²) in [6.45, 7) is 9.85. The Morgan fingerprint density at radius 3 is 2.73 bits per heavy atom. The molecule has 0 aliphatic carbocycles. The minimum Gasteiger partial charge on any atom is -0.507 e. The second-order valence-electron chi connectivity index (χ2n) is 10.9. The van der Waals surface area contributed by atoms with Gasteiger partial charge in [0.15, 0.2) is 5.82 Å². The number of ether oxygens (including phenoxy) is 1. The summed E-state index contributed by atoms with van der Waals surface area (Å²) in [5, 5.41) is 16.5. The van der Waals surface area contributed by atoms with Crippen molar-refractivity contribution >= 4 is 27.9 Å². The second-order valence-corrected chi connectivity index (χ2v) is 10.9. The Kier molecular flexibility index (Phi) is 5.92. The Hall–Kier alpha value is -3.95. The van der Waals surface area contributed by atoms with Crippen LogP contribution in [0.3, 0.4) is 0 Å². The topological polar surface area (TPSA) is 115 Å². The summed E-state index contributed by atoms with van der Waals surface area (Å²) in [4.78, 5) is 36.8. The molecule has 1 aliphatic heterocycles. The van der Waals surface area contributed by atoms with Gasteiger partial charge >= 0.3 is 6.09 Å². The van der Waals surface area contributed by atoms with Gasteiger partial charge in [-0.1, -0.05) is 0 Å². The maximum absolute atomic E-state index is 13.4. The van der Waals surface area contributed by atoms with E-state index in [0.29, 0.717) is 47.2 Å². The third-order valence-electron chi connectivity index (χ3n) is 6.91. The van der Waals surface area contributed by atoms with Crippen molar-refractivity contribution in [3.05, 3.63) is 46.6 Å². The van der Waals surface area contributed by atoms with Crippen molar-refractivity contribution in [2.75, 3.05) is 6.54 Å². The molecule has 4 aromatic rings. The SMILES string of the molecule is Cc1c(O)c(-c2ncc3c(=O)n([C@H]4CCN(C(=O)OC(C)(C)C)C(C)C4)ccc3n2)cc2cn(C)nc12. The van der Waals surface area contributed by atoms with E-state index < -0.39 is 5.60 Å². The van der Waals surface area contributed by atoms with Gasteiger partial charge in [0.25, 0.3) is 5.56 Å². The molecule has 0 saturated carbocycles. The zero-order chi connectivity index (χ0) is 26.6. The highest BCUT2D eigenvalue weighted by atomic mass is 16.6. The zero-order valence-corrected chi connectivity index (χ0v) is 22.0. The van der Waals surface area contributed by atoms with E-state index in [1.54, 1.807) is 26.4 Å². The fraction of sp³-hybridized carbons (Fsp3) is 0.444. The van der Waals surface area contributed by atoms with Crippen molar-refractivity contribution in [1.82, 2.24) is 29.2 Å². The number of aromatic nitrogens is 5. The zero-order valence-electron chi connectivity index (χ0n) is 22.0. The van der Waals surface area contributed by atoms with Crippen LogP contribution in [-0.4, -0.2) is 58.6 Å². The number of hydrogen-bond donors (Lipinski definition) is 1. The number of phenolic OH excluding ortho intramolecular Hbond substituents is 1. The van der Waals surface area contributed by atoms with E-state index in [9.17, 15) is 14.7 Å². The van der Waals surface area contributed by atoms with Crippen LogP contribution in [0.1, 0.15) is 52.1 Å². The molecule has 37 heavy (non-hydrogen) atoms. The fourth-order valence-electron chi connectivity index (χ4n) is 5.07. The van der Waals surface area contributed by atoms with Crippen LogP contribution in [-0.2, 0) is 11.8 Å². The molecule has 10 heteroatoms. The monoisotopic (exact) mass is 504 g/mol. The first kappa shape index (κ1) is 24.7. The number of hydrogen-bond acceptors (Lipinski definition) is 7. The molecule has 1 amide bonds. The molecule has 5 rings (SSSR count). The Labute approximate surface area is 214 Å². The van der Waals surface area contributed by atoms with Crippen LogP contribution in [0.5, 0.6) is 5.75 Å². The van der Waals surface area contributed by atoms with Crippen LogP contribution < -0.4 is 5.56 Å². The molecule has 194 valence electrons. The third kappa shape index (κ3) is 4.52. The maximum atomic E-state index is 13.4. The van der Waals surface area contributed by atoms with Crippen molar-refractivity contribution < 1.29 is 14.6 Å². The Morgan fingerprint density at radius 1 is 1.27 bits per heavy atom. The van der Waals surface area contributed by atoms with Gasteiger partial charge in [-0.3, -0.25) is 9.48 Å². The minimum absolute atomic E-state index is 0.0510. The van der Waals surface area contributed by atoms with E-state index in [-0.39, 0.29) is 29.5 Å². The highest BCUT2D eigenvalue weighted by Gasteiger charge is 2.33. The van der Waals surface area contributed by atoms with E-state index in [0.717, 1.165) is 10.9 Å². The molecule has 10 nitrogen and oxygen atoms in total. The number of phenols is 1. The summed E-state index contributed by atoms with van der Waals surface area (Å²) in [5.41, 5.74) is 1.65. The van der Waals surface area contributed by atoms with Gasteiger partial charge in [0.2, 0.25) is 0 Å². The summed E-state index contributed by atoms with van der Waals surface area (Å²) in [5.74, 6) is 0.417. The predicted molar refractivity (Wildman–Crippen MR) is 141 cm³/mol. The van der Waals surface area contributed by atoms with Crippen molar-refractivity contribution in [3.8, 4) is 17.1 Å². The molecular formula is C27H32N6O4. The first-order chi connectivity index (χ1) is 17.4. The number of aryl methyl sites for hydroxylation is 2. The van der Waals surface area contributed by atoms with Crippen LogP contribution in [0.25, 0.3) is 33.2 Å². The fourth-order valence-corrected chi connectivity index (χ4v) is 5.07. The normalized spacial score (nSPS) is 18.5. The molecule has 0 spiro atoms. The molecule has 4 heterocycles. The molecule has 0 radical (unpaired) electrons. The third-order valence-corrected chi connectivity index (χ3v) is 6.91. The Balaban J connectivity index is 1.43. The maximum Gasteiger partial charge on any atom is 0.410 e. The minimum atomic E-state index is -0.555. The number of piperidine rings is 1. The number of rotatable bonds is 2. The summed E-state index contributed by atoms with van der Waals surface area (Å²) < 4.78 is 8.96. The van der Waals surface area contributed by atoms with Gasteiger partial charge in [0, 0.05) is 55.2 Å². The average Bonchev–Trinajstić information content (AvgIpc) is 3.20. The van der Waals surface area contributed by atoms with Gasteiger partial charge in [0.1, 0.15) is 11.4 Å². The van der Waals surface area contributed by atoms with E-state index >= 15 is 0 Å². The molecule has 1 N–H and O–H groups in total. The van der Waals surface area contributed by atoms with Crippen molar-refractivity contribution in [2.45, 2.75) is 65.1 Å². The molecule has 1 aromatic carbocycles. The quantitative estimate of drug-likeness (QED) is 0.432. The van der Waals surface area contributed by atoms with Crippen molar-refractivity contribution in [3.63, 3.8) is 0 Å². The summed E-state index contributed by atoms with van der Waals surface area (Å²) in [7, 11) is 1.83. The second kappa shape index (κ2) is 8.86. The lowest BCUT2D eigenvalue weighted by Crippen LogP contribution is -2.47. The molecule has 1 unspecified atom stereocenters. The Morgan fingerprint density at radius 2 is 2.03 bits per heavy atom. The number of benzene rings is 1. The van der Waals surface area contributed by atoms with Crippen LogP contribution in [0.15, 0.2) is 35.5 Å². The summed E-state index contributed by atoms with van der Waals surface area (Å²) in [6.07, 6.45) is 6.12. The van der Waals surface area contributed by atoms with Crippen LogP contribution in [0, 0.1) is 6.92 Å². The van der Waals surface area contributed by atoms with Crippen LogP contribution >= 0.6 is 0 Å². The lowest BCUT2D eigenvalue weighted by molar-refractivity contribution is 0.00773. The van der Waals surface area contributed by atoms with Gasteiger partial charge in [0.05, 0.1) is 22.0 Å². The number of fused-ring (bicyclic) bond motifs is 2. The van der Waals surface area contributed by atoms with Gasteiger partial charge in [-0.05, 0) is 59.6 Å². The van der Waals surface area contributed by atoms with E-state index in [4.69, 9.17) is 4.74 Å². The number of pyridine rings is 1. The summed E-state index contributed by atoms with van der Waals surface area (Å²) >= 11 is 0. The molecule has 2 atom stereocenters. The van der Waals surface area contributed by atoms with Crippen LogP contribution in [0.4, 0.5) is 4.79 Å². The van der Waals surface area contributed by atoms with Crippen LogP contribution in [0.2, 0.25) is 0 Å². The number of amides is 1. The molecule has 1 saturated heterocycles. The largest absolute Gasteiger partial charge is 0.507 e. The van der Waals surface area contributed by atoms with E-state index in [1.165, 1.54) is 6.20 Å². The first-order valence-electron chi connectivity index (χ1n) is 12.5. The standard InChI is InChI=1S/C27H32N6O4/c1-15-11-18(7-9-32(15)26(36)37-27(3,4)5)33-10-8-21-20(25(33)35)13-28-24(29-21)19-12-17-14-31(6)30-22(17)16(2)23(19)34/h8,10,12-15,18,34H,7,9,11H2,1-6H3/t15?,18-/m0/s1. The number of carbonyl (C=O) groups is 1. The number of aromatic hydroxyl groups is 1. The van der Waals surface area contributed by atoms with E-state index in [2.05, 4.69) is 15.1 Å². The molecule has 0 bridgehead atoms. The van der Waals surface area contributed by atoms with Gasteiger partial charge in [-0.2, -0.15) is 5.10 Å². The van der Waals surface area contributed by atoms with E-state index in [1.807, 2.05) is 53.9 Å². The highest BCUT2D eigenvalue weighted by Crippen LogP contribution is 2.35. The lowest BCUT2D eigenvalue weighted by Gasteiger charge is -2.38. The van der Waals surface area contributed by atoms with Gasteiger partial charge < -0.3 is 19.3 Å². The molecule has 1 aliphatic rings. The summed E-state index contributed by atoms with van der Waals surface area (Å²) in [6, 6.07) is 3.50. The Bertz CT molecular complexity index is 1580. The molecular weight excluding hydrogens is 472 g/mol. The lowest BCUT2D eigenvalue weighted by atomic mass is 9.98. The number of carbonyl (C=O) groups excluding carboxylic acids is 1. The smallest absolute Gasteiger partial charge is 0.410 e. The number of likely N-dealkylation sites (tertiary alicyclic amines) is 1. The highest BCUT2D eigenvalue weighted by molar-refractivity contribution is 5.90. The van der Waals surface area contributed by atoms with Crippen molar-refractivity contribution in [2.24, 2.45) is 7.05 Å². The predicted octanol–water partition coefficient (Wildman–Crippen LogP) is 4.32.